The van der Waals surface area contributed by atoms with E-state index < -0.39 is 0 Å². The van der Waals surface area contributed by atoms with E-state index in [1.807, 2.05) is 18.2 Å². The normalized spacial score (nSPS) is 20.3. The molecule has 1 saturated heterocycles. The first-order chi connectivity index (χ1) is 7.07. The van der Waals surface area contributed by atoms with Crippen molar-refractivity contribution in [2.75, 3.05) is 18.0 Å². The highest BCUT2D eigenvalue weighted by Gasteiger charge is 2.25. The molecule has 0 spiro atoms. The summed E-state index contributed by atoms with van der Waals surface area (Å²) in [6.45, 7) is 4.17. The van der Waals surface area contributed by atoms with Gasteiger partial charge in [-0.15, -0.1) is 0 Å². The van der Waals surface area contributed by atoms with Gasteiger partial charge < -0.3 is 10.6 Å². The van der Waals surface area contributed by atoms with Crippen LogP contribution in [0.4, 0.5) is 5.69 Å². The molecule has 1 aliphatic rings. The first-order valence-electron chi connectivity index (χ1n) is 5.36. The summed E-state index contributed by atoms with van der Waals surface area (Å²) in [5, 5.41) is 0.800. The molecule has 82 valence electrons. The first-order valence-corrected chi connectivity index (χ1v) is 5.74. The maximum Gasteiger partial charge on any atom is 0.0426 e. The van der Waals surface area contributed by atoms with Gasteiger partial charge >= 0.3 is 0 Å². The fourth-order valence-electron chi connectivity index (χ4n) is 1.95. The number of halogens is 1. The Morgan fingerprint density at radius 1 is 1.33 bits per heavy atom. The van der Waals surface area contributed by atoms with Crippen molar-refractivity contribution in [2.45, 2.75) is 25.3 Å². The number of rotatable bonds is 1. The predicted molar refractivity (Wildman–Crippen MR) is 65.5 cm³/mol. The van der Waals surface area contributed by atoms with E-state index in [0.717, 1.165) is 31.0 Å². The summed E-state index contributed by atoms with van der Waals surface area (Å²) in [6.07, 6.45) is 2.08. The van der Waals surface area contributed by atoms with E-state index in [0.29, 0.717) is 0 Å². The Kier molecular flexibility index (Phi) is 2.89. The maximum atomic E-state index is 6.10. The average molecular weight is 225 g/mol. The maximum absolute atomic E-state index is 6.10. The molecule has 2 N–H and O–H groups in total. The number of benzene rings is 1. The lowest BCUT2D eigenvalue weighted by Crippen LogP contribution is -2.48. The molecule has 1 aromatic carbocycles. The number of piperidine rings is 1. The van der Waals surface area contributed by atoms with Crippen LogP contribution in [0.1, 0.15) is 19.8 Å². The van der Waals surface area contributed by atoms with Crippen LogP contribution >= 0.6 is 11.6 Å². The zero-order chi connectivity index (χ0) is 10.9. The van der Waals surface area contributed by atoms with Crippen molar-refractivity contribution in [2.24, 2.45) is 5.73 Å². The molecule has 2 rings (SSSR count). The lowest BCUT2D eigenvalue weighted by atomic mass is 9.91. The van der Waals surface area contributed by atoms with Gasteiger partial charge in [0.15, 0.2) is 0 Å². The second kappa shape index (κ2) is 4.03. The summed E-state index contributed by atoms with van der Waals surface area (Å²) in [6, 6.07) is 8.02. The standard InChI is InChI=1S/C12H17ClN2/c1-12(14)5-7-15(8-6-12)11-4-2-3-10(13)9-11/h2-4,9H,5-8,14H2,1H3. The molecule has 0 atom stereocenters. The molecule has 0 bridgehead atoms. The highest BCUT2D eigenvalue weighted by molar-refractivity contribution is 6.30. The van der Waals surface area contributed by atoms with Crippen LogP contribution in [-0.2, 0) is 0 Å². The van der Waals surface area contributed by atoms with Crippen LogP contribution in [0.25, 0.3) is 0 Å². The zero-order valence-corrected chi connectivity index (χ0v) is 9.80. The molecule has 15 heavy (non-hydrogen) atoms. The summed E-state index contributed by atoms with van der Waals surface area (Å²) >= 11 is 5.97. The second-order valence-electron chi connectivity index (χ2n) is 4.62. The molecule has 0 unspecified atom stereocenters. The summed E-state index contributed by atoms with van der Waals surface area (Å²) in [5.41, 5.74) is 7.31. The first kappa shape index (κ1) is 10.8. The van der Waals surface area contributed by atoms with E-state index in [9.17, 15) is 0 Å². The van der Waals surface area contributed by atoms with E-state index in [1.165, 1.54) is 5.69 Å². The average Bonchev–Trinajstić information content (AvgIpc) is 2.17. The largest absolute Gasteiger partial charge is 0.371 e. The van der Waals surface area contributed by atoms with Crippen LogP contribution in [0.5, 0.6) is 0 Å². The van der Waals surface area contributed by atoms with Gasteiger partial charge in [-0.05, 0) is 38.0 Å². The lowest BCUT2D eigenvalue weighted by molar-refractivity contribution is 0.364. The van der Waals surface area contributed by atoms with Crippen LogP contribution in [-0.4, -0.2) is 18.6 Å². The van der Waals surface area contributed by atoms with Crippen LogP contribution in [0, 0.1) is 0 Å². The fourth-order valence-corrected chi connectivity index (χ4v) is 2.13. The van der Waals surface area contributed by atoms with Gasteiger partial charge in [0, 0.05) is 29.3 Å². The van der Waals surface area contributed by atoms with Crippen molar-refractivity contribution in [3.8, 4) is 0 Å². The summed E-state index contributed by atoms with van der Waals surface area (Å²) < 4.78 is 0. The summed E-state index contributed by atoms with van der Waals surface area (Å²) in [4.78, 5) is 2.35. The monoisotopic (exact) mass is 224 g/mol. The van der Waals surface area contributed by atoms with E-state index in [1.54, 1.807) is 0 Å². The van der Waals surface area contributed by atoms with E-state index in [2.05, 4.69) is 17.9 Å². The lowest BCUT2D eigenvalue weighted by Gasteiger charge is -2.38. The molecule has 2 nitrogen and oxygen atoms in total. The minimum absolute atomic E-state index is 0.00900. The summed E-state index contributed by atoms with van der Waals surface area (Å²) in [5.74, 6) is 0. The fraction of sp³-hybridized carbons (Fsp3) is 0.500. The number of nitrogens with two attached hydrogens (primary N) is 1. The van der Waals surface area contributed by atoms with Gasteiger partial charge in [-0.1, -0.05) is 17.7 Å². The zero-order valence-electron chi connectivity index (χ0n) is 9.04. The molecule has 1 fully saturated rings. The van der Waals surface area contributed by atoms with Gasteiger partial charge in [0.2, 0.25) is 0 Å². The van der Waals surface area contributed by atoms with Crippen molar-refractivity contribution in [1.29, 1.82) is 0 Å². The molecular weight excluding hydrogens is 208 g/mol. The molecule has 0 radical (unpaired) electrons. The van der Waals surface area contributed by atoms with Crippen LogP contribution < -0.4 is 10.6 Å². The van der Waals surface area contributed by atoms with E-state index >= 15 is 0 Å². The number of hydrogen-bond donors (Lipinski definition) is 1. The quantitative estimate of drug-likeness (QED) is 0.795. The highest BCUT2D eigenvalue weighted by atomic mass is 35.5. The van der Waals surface area contributed by atoms with Crippen molar-refractivity contribution in [3.63, 3.8) is 0 Å². The Labute approximate surface area is 96.0 Å². The third-order valence-electron chi connectivity index (χ3n) is 3.08. The van der Waals surface area contributed by atoms with E-state index in [-0.39, 0.29) is 5.54 Å². The third-order valence-corrected chi connectivity index (χ3v) is 3.31. The molecule has 0 aliphatic carbocycles. The van der Waals surface area contributed by atoms with Gasteiger partial charge in [-0.2, -0.15) is 0 Å². The minimum Gasteiger partial charge on any atom is -0.371 e. The van der Waals surface area contributed by atoms with Gasteiger partial charge in [0.1, 0.15) is 0 Å². The summed E-state index contributed by atoms with van der Waals surface area (Å²) in [7, 11) is 0. The molecule has 0 amide bonds. The molecule has 0 saturated carbocycles. The van der Waals surface area contributed by atoms with Gasteiger partial charge in [0.05, 0.1) is 0 Å². The number of nitrogens with zero attached hydrogens (tertiary/aromatic N) is 1. The highest BCUT2D eigenvalue weighted by Crippen LogP contribution is 2.25. The topological polar surface area (TPSA) is 29.3 Å². The molecule has 0 aromatic heterocycles. The van der Waals surface area contributed by atoms with Crippen molar-refractivity contribution in [3.05, 3.63) is 29.3 Å². The molecule has 1 aliphatic heterocycles. The van der Waals surface area contributed by atoms with Crippen molar-refractivity contribution >= 4 is 17.3 Å². The van der Waals surface area contributed by atoms with Crippen molar-refractivity contribution < 1.29 is 0 Å². The van der Waals surface area contributed by atoms with Crippen LogP contribution in [0.3, 0.4) is 0 Å². The molecule has 1 aromatic rings. The Balaban J connectivity index is 2.08. The molecule has 1 heterocycles. The van der Waals surface area contributed by atoms with Crippen molar-refractivity contribution in [1.82, 2.24) is 0 Å². The smallest absolute Gasteiger partial charge is 0.0426 e. The Bertz CT molecular complexity index is 339. The Morgan fingerprint density at radius 2 is 2.00 bits per heavy atom. The van der Waals surface area contributed by atoms with Gasteiger partial charge in [-0.3, -0.25) is 0 Å². The second-order valence-corrected chi connectivity index (χ2v) is 5.06. The minimum atomic E-state index is 0.00900. The number of hydrogen-bond acceptors (Lipinski definition) is 2. The Hall–Kier alpha value is -0.730. The predicted octanol–water partition coefficient (Wildman–Crippen LogP) is 2.66. The van der Waals surface area contributed by atoms with Crippen LogP contribution in [0.2, 0.25) is 5.02 Å². The molecule has 3 heteroatoms. The number of anilines is 1. The van der Waals surface area contributed by atoms with E-state index in [4.69, 9.17) is 17.3 Å². The third kappa shape index (κ3) is 2.64. The Morgan fingerprint density at radius 3 is 2.60 bits per heavy atom. The SMILES string of the molecule is CC1(N)CCN(c2cccc(Cl)c2)CC1. The van der Waals surface area contributed by atoms with Crippen LogP contribution in [0.15, 0.2) is 24.3 Å². The van der Waals surface area contributed by atoms with Gasteiger partial charge in [-0.25, -0.2) is 0 Å². The van der Waals surface area contributed by atoms with Gasteiger partial charge in [0.25, 0.3) is 0 Å². The molecular formula is C12H17ClN2.